The van der Waals surface area contributed by atoms with Crippen molar-refractivity contribution in [2.45, 2.75) is 10.6 Å². The van der Waals surface area contributed by atoms with E-state index in [1.165, 1.54) is 6.07 Å². The Labute approximate surface area is 126 Å². The highest BCUT2D eigenvalue weighted by Crippen LogP contribution is 2.26. The summed E-state index contributed by atoms with van der Waals surface area (Å²) in [5.41, 5.74) is 6.61. The molecule has 5 nitrogen and oxygen atoms in total. The van der Waals surface area contributed by atoms with Crippen molar-refractivity contribution in [3.05, 3.63) is 62.6 Å². The molecule has 0 saturated heterocycles. The van der Waals surface area contributed by atoms with E-state index in [1.807, 2.05) is 0 Å². The highest BCUT2D eigenvalue weighted by atomic mass is 79.9. The van der Waals surface area contributed by atoms with Gasteiger partial charge < -0.3 is 5.73 Å². The SMILES string of the molecule is Nc1cc(Br)ccc1S(=O)Cc1ccccc1[N+](=O)[O-]. The third-order valence-corrected chi connectivity index (χ3v) is 4.62. The highest BCUT2D eigenvalue weighted by Gasteiger charge is 2.17. The molecule has 20 heavy (non-hydrogen) atoms. The molecule has 104 valence electrons. The molecule has 0 bridgehead atoms. The van der Waals surface area contributed by atoms with E-state index in [-0.39, 0.29) is 11.4 Å². The second-order valence-electron chi connectivity index (χ2n) is 4.06. The fourth-order valence-corrected chi connectivity index (χ4v) is 3.36. The van der Waals surface area contributed by atoms with Crippen LogP contribution in [-0.2, 0) is 16.6 Å². The molecular formula is C13H11BrN2O3S. The molecule has 2 rings (SSSR count). The molecule has 1 atom stereocenters. The van der Waals surface area contributed by atoms with E-state index < -0.39 is 15.7 Å². The Morgan fingerprint density at radius 2 is 1.95 bits per heavy atom. The Hall–Kier alpha value is -1.73. The smallest absolute Gasteiger partial charge is 0.273 e. The number of hydrogen-bond donors (Lipinski definition) is 1. The summed E-state index contributed by atoms with van der Waals surface area (Å²) in [5.74, 6) is 0.0585. The lowest BCUT2D eigenvalue weighted by atomic mass is 10.2. The first-order valence-electron chi connectivity index (χ1n) is 5.64. The van der Waals surface area contributed by atoms with Crippen molar-refractivity contribution < 1.29 is 9.13 Å². The topological polar surface area (TPSA) is 86.2 Å². The second-order valence-corrected chi connectivity index (χ2v) is 6.39. The summed E-state index contributed by atoms with van der Waals surface area (Å²) in [6.07, 6.45) is 0. The van der Waals surface area contributed by atoms with E-state index in [1.54, 1.807) is 36.4 Å². The van der Waals surface area contributed by atoms with Crippen LogP contribution in [0.5, 0.6) is 0 Å². The Morgan fingerprint density at radius 3 is 2.60 bits per heavy atom. The molecule has 0 amide bonds. The van der Waals surface area contributed by atoms with Crippen LogP contribution in [0.25, 0.3) is 0 Å². The van der Waals surface area contributed by atoms with Crippen LogP contribution in [0.4, 0.5) is 11.4 Å². The van der Waals surface area contributed by atoms with Crippen molar-refractivity contribution in [2.75, 3.05) is 5.73 Å². The fourth-order valence-electron chi connectivity index (χ4n) is 1.76. The first-order chi connectivity index (χ1) is 9.49. The summed E-state index contributed by atoms with van der Waals surface area (Å²) in [6, 6.07) is 11.3. The van der Waals surface area contributed by atoms with Gasteiger partial charge in [-0.15, -0.1) is 0 Å². The normalized spacial score (nSPS) is 12.1. The van der Waals surface area contributed by atoms with E-state index in [4.69, 9.17) is 5.73 Å². The number of rotatable bonds is 4. The van der Waals surface area contributed by atoms with Crippen LogP contribution in [0.15, 0.2) is 51.8 Å². The zero-order valence-corrected chi connectivity index (χ0v) is 12.7. The van der Waals surface area contributed by atoms with Gasteiger partial charge in [-0.05, 0) is 18.2 Å². The molecule has 1 unspecified atom stereocenters. The van der Waals surface area contributed by atoms with Gasteiger partial charge in [0, 0.05) is 21.8 Å². The molecule has 0 aliphatic carbocycles. The number of benzene rings is 2. The van der Waals surface area contributed by atoms with Crippen LogP contribution in [0.3, 0.4) is 0 Å². The Kier molecular flexibility index (Phi) is 4.51. The molecule has 0 spiro atoms. The third-order valence-electron chi connectivity index (χ3n) is 2.69. The number of halogens is 1. The minimum Gasteiger partial charge on any atom is -0.398 e. The average Bonchev–Trinajstić information content (AvgIpc) is 2.38. The Morgan fingerprint density at radius 1 is 1.25 bits per heavy atom. The van der Waals surface area contributed by atoms with Crippen LogP contribution in [0, 0.1) is 10.1 Å². The van der Waals surface area contributed by atoms with Gasteiger partial charge in [-0.1, -0.05) is 34.1 Å². The van der Waals surface area contributed by atoms with Gasteiger partial charge >= 0.3 is 0 Å². The maximum absolute atomic E-state index is 12.3. The number of nitrogen functional groups attached to an aromatic ring is 1. The van der Waals surface area contributed by atoms with E-state index in [0.29, 0.717) is 16.1 Å². The largest absolute Gasteiger partial charge is 0.398 e. The first-order valence-corrected chi connectivity index (χ1v) is 7.76. The van der Waals surface area contributed by atoms with Gasteiger partial charge in [-0.3, -0.25) is 14.3 Å². The standard InChI is InChI=1S/C13H11BrN2O3S/c14-10-5-6-13(11(15)7-10)20(19)8-9-3-1-2-4-12(9)16(17)18/h1-7H,8,15H2. The molecule has 0 aliphatic heterocycles. The first kappa shape index (κ1) is 14.7. The number of nitro benzene ring substituents is 1. The fraction of sp³-hybridized carbons (Fsp3) is 0.0769. The number of nitrogens with two attached hydrogens (primary N) is 1. The monoisotopic (exact) mass is 354 g/mol. The van der Waals surface area contributed by atoms with Gasteiger partial charge in [0.2, 0.25) is 0 Å². The molecule has 2 aromatic rings. The van der Waals surface area contributed by atoms with E-state index in [0.717, 1.165) is 4.47 Å². The molecule has 0 saturated carbocycles. The maximum atomic E-state index is 12.3. The molecule has 2 aromatic carbocycles. The predicted octanol–water partition coefficient (Wildman–Crippen LogP) is 3.25. The molecular weight excluding hydrogens is 344 g/mol. The summed E-state index contributed by atoms with van der Waals surface area (Å²) in [6.45, 7) is 0. The number of hydrogen-bond acceptors (Lipinski definition) is 4. The van der Waals surface area contributed by atoms with Crippen molar-refractivity contribution in [2.24, 2.45) is 0 Å². The molecule has 0 radical (unpaired) electrons. The van der Waals surface area contributed by atoms with Crippen LogP contribution in [-0.4, -0.2) is 9.13 Å². The Balaban J connectivity index is 2.30. The van der Waals surface area contributed by atoms with E-state index in [2.05, 4.69) is 15.9 Å². The molecule has 2 N–H and O–H groups in total. The summed E-state index contributed by atoms with van der Waals surface area (Å²) >= 11 is 3.27. The zero-order chi connectivity index (χ0) is 14.7. The van der Waals surface area contributed by atoms with Gasteiger partial charge in [0.05, 0.1) is 26.4 Å². The minimum absolute atomic E-state index is 0.0310. The van der Waals surface area contributed by atoms with Crippen LogP contribution in [0.1, 0.15) is 5.56 Å². The number of nitro groups is 1. The minimum atomic E-state index is -1.43. The van der Waals surface area contributed by atoms with Crippen LogP contribution in [0.2, 0.25) is 0 Å². The van der Waals surface area contributed by atoms with Gasteiger partial charge in [0.25, 0.3) is 5.69 Å². The third kappa shape index (κ3) is 3.23. The lowest BCUT2D eigenvalue weighted by Crippen LogP contribution is -2.03. The van der Waals surface area contributed by atoms with Crippen molar-refractivity contribution in [1.82, 2.24) is 0 Å². The van der Waals surface area contributed by atoms with Crippen molar-refractivity contribution in [3.63, 3.8) is 0 Å². The van der Waals surface area contributed by atoms with E-state index in [9.17, 15) is 14.3 Å². The zero-order valence-electron chi connectivity index (χ0n) is 10.3. The van der Waals surface area contributed by atoms with Gasteiger partial charge in [0.1, 0.15) is 0 Å². The number of para-hydroxylation sites is 1. The predicted molar refractivity (Wildman–Crippen MR) is 81.8 cm³/mol. The van der Waals surface area contributed by atoms with Crippen LogP contribution >= 0.6 is 15.9 Å². The molecule has 7 heteroatoms. The lowest BCUT2D eigenvalue weighted by molar-refractivity contribution is -0.385. The summed E-state index contributed by atoms with van der Waals surface area (Å²) < 4.78 is 13.1. The summed E-state index contributed by atoms with van der Waals surface area (Å²) in [7, 11) is -1.43. The van der Waals surface area contributed by atoms with Gasteiger partial charge in [-0.2, -0.15) is 0 Å². The van der Waals surface area contributed by atoms with Crippen LogP contribution < -0.4 is 5.73 Å². The summed E-state index contributed by atoms with van der Waals surface area (Å²) in [4.78, 5) is 10.9. The molecule has 0 aromatic heterocycles. The maximum Gasteiger partial charge on any atom is 0.273 e. The number of anilines is 1. The Bertz CT molecular complexity index is 691. The second kappa shape index (κ2) is 6.15. The van der Waals surface area contributed by atoms with E-state index >= 15 is 0 Å². The average molecular weight is 355 g/mol. The number of nitrogens with zero attached hydrogens (tertiary/aromatic N) is 1. The van der Waals surface area contributed by atoms with Crippen molar-refractivity contribution in [1.29, 1.82) is 0 Å². The highest BCUT2D eigenvalue weighted by molar-refractivity contribution is 9.10. The van der Waals surface area contributed by atoms with Crippen molar-refractivity contribution >= 4 is 38.1 Å². The molecule has 0 heterocycles. The molecule has 0 aliphatic rings. The van der Waals surface area contributed by atoms with Crippen molar-refractivity contribution in [3.8, 4) is 0 Å². The summed E-state index contributed by atoms with van der Waals surface area (Å²) in [5, 5.41) is 10.9. The van der Waals surface area contributed by atoms with Gasteiger partial charge in [-0.25, -0.2) is 0 Å². The lowest BCUT2D eigenvalue weighted by Gasteiger charge is -2.07. The molecule has 0 fully saturated rings. The van der Waals surface area contributed by atoms with Gasteiger partial charge in [0.15, 0.2) is 0 Å². The quantitative estimate of drug-likeness (QED) is 0.518.